The molecule has 0 aliphatic carbocycles. The van der Waals surface area contributed by atoms with E-state index in [2.05, 4.69) is 80.4 Å². The third kappa shape index (κ3) is 2.81. The molecule has 158 valence electrons. The number of nitrogens with zero attached hydrogens (tertiary/aromatic N) is 3. The number of nitrogens with one attached hydrogen (secondary N) is 2. The van der Waals surface area contributed by atoms with Gasteiger partial charge in [0.05, 0.1) is 11.4 Å². The van der Waals surface area contributed by atoms with Crippen LogP contribution in [-0.4, -0.2) is 27.0 Å². The molecule has 33 heavy (non-hydrogen) atoms. The number of aromatic nitrogens is 4. The molecule has 0 spiro atoms. The quantitative estimate of drug-likeness (QED) is 0.323. The maximum Gasteiger partial charge on any atom is 0.151 e. The summed E-state index contributed by atoms with van der Waals surface area (Å²) in [5.41, 5.74) is 8.10. The normalized spacial score (nSPS) is 12.6. The zero-order valence-corrected chi connectivity index (χ0v) is 17.8. The molecular formula is C27H19N5O. The van der Waals surface area contributed by atoms with Gasteiger partial charge >= 0.3 is 0 Å². The molecule has 0 radical (unpaired) electrons. The smallest absolute Gasteiger partial charge is 0.151 e. The number of rotatable bonds is 2. The van der Waals surface area contributed by atoms with E-state index in [9.17, 15) is 0 Å². The van der Waals surface area contributed by atoms with Crippen LogP contribution in [0.1, 0.15) is 0 Å². The molecule has 0 fully saturated rings. The van der Waals surface area contributed by atoms with Crippen LogP contribution in [0.15, 0.2) is 85.5 Å². The van der Waals surface area contributed by atoms with Crippen LogP contribution in [0.4, 0.5) is 11.4 Å². The van der Waals surface area contributed by atoms with E-state index in [1.807, 2.05) is 36.9 Å². The molecular weight excluding hydrogens is 410 g/mol. The second-order valence-corrected chi connectivity index (χ2v) is 8.31. The molecule has 0 unspecified atom stereocenters. The van der Waals surface area contributed by atoms with Gasteiger partial charge in [-0.25, -0.2) is 9.97 Å². The van der Waals surface area contributed by atoms with Crippen molar-refractivity contribution in [1.29, 1.82) is 0 Å². The highest BCUT2D eigenvalue weighted by atomic mass is 16.5. The van der Waals surface area contributed by atoms with Crippen LogP contribution in [0.5, 0.6) is 11.5 Å². The molecule has 0 saturated carbocycles. The fourth-order valence-corrected chi connectivity index (χ4v) is 4.55. The molecule has 2 aromatic carbocycles. The Morgan fingerprint density at radius 1 is 0.636 bits per heavy atom. The molecule has 0 amide bonds. The molecule has 6 heteroatoms. The van der Waals surface area contributed by atoms with Crippen molar-refractivity contribution in [2.75, 3.05) is 11.9 Å². The van der Waals surface area contributed by atoms with E-state index >= 15 is 0 Å². The highest BCUT2D eigenvalue weighted by Gasteiger charge is 2.23. The maximum atomic E-state index is 6.42. The second kappa shape index (κ2) is 6.71. The van der Waals surface area contributed by atoms with E-state index in [1.165, 1.54) is 0 Å². The van der Waals surface area contributed by atoms with Gasteiger partial charge in [-0.3, -0.25) is 0 Å². The van der Waals surface area contributed by atoms with Crippen molar-refractivity contribution in [2.45, 2.75) is 0 Å². The molecule has 6 aromatic rings. The first-order valence-electron chi connectivity index (χ1n) is 10.8. The second-order valence-electron chi connectivity index (χ2n) is 8.31. The van der Waals surface area contributed by atoms with Crippen molar-refractivity contribution in [1.82, 2.24) is 19.9 Å². The fraction of sp³-hybridized carbons (Fsp3) is 0.0370. The Balaban J connectivity index is 1.28. The monoisotopic (exact) mass is 429 g/mol. The lowest BCUT2D eigenvalue weighted by Crippen LogP contribution is -2.15. The van der Waals surface area contributed by atoms with Gasteiger partial charge < -0.3 is 19.6 Å². The molecule has 5 heterocycles. The summed E-state index contributed by atoms with van der Waals surface area (Å²) in [6.45, 7) is 0. The Bertz CT molecular complexity index is 1560. The highest BCUT2D eigenvalue weighted by Crippen LogP contribution is 2.48. The largest absolute Gasteiger partial charge is 0.453 e. The van der Waals surface area contributed by atoms with Crippen LogP contribution >= 0.6 is 0 Å². The van der Waals surface area contributed by atoms with Crippen LogP contribution in [-0.2, 0) is 0 Å². The first-order chi connectivity index (χ1) is 16.2. The standard InChI is InChI=1S/C27H19N5O/c1-32-22-4-2-16(20-10-18-6-8-28-26(18)30-14-20)12-24(22)33-25-13-17(3-5-23(25)32)21-11-19-7-9-29-27(19)31-15-21/h2-15H,1H3,(H,28,30)(H,29,31). The molecule has 0 saturated heterocycles. The number of anilines is 2. The molecule has 0 atom stereocenters. The Morgan fingerprint density at radius 3 is 1.67 bits per heavy atom. The number of aromatic amines is 2. The summed E-state index contributed by atoms with van der Waals surface area (Å²) < 4.78 is 6.42. The third-order valence-corrected chi connectivity index (χ3v) is 6.33. The predicted octanol–water partition coefficient (Wildman–Crippen LogP) is 6.65. The predicted molar refractivity (Wildman–Crippen MR) is 131 cm³/mol. The van der Waals surface area contributed by atoms with Crippen LogP contribution in [0.25, 0.3) is 44.3 Å². The number of fused-ring (bicyclic) bond motifs is 4. The SMILES string of the molecule is CN1c2ccc(-c3cnc4[nH]ccc4c3)cc2Oc2cc(-c3cnc4[nH]ccc4c3)ccc21. The van der Waals surface area contributed by atoms with Gasteiger partial charge in [-0.2, -0.15) is 0 Å². The summed E-state index contributed by atoms with van der Waals surface area (Å²) in [6.07, 6.45) is 7.60. The Labute approximate surface area is 189 Å². The number of hydrogen-bond acceptors (Lipinski definition) is 4. The molecule has 1 aliphatic rings. The van der Waals surface area contributed by atoms with Crippen molar-refractivity contribution in [2.24, 2.45) is 0 Å². The van der Waals surface area contributed by atoms with E-state index in [4.69, 9.17) is 4.74 Å². The van der Waals surface area contributed by atoms with Gasteiger partial charge in [-0.05, 0) is 59.7 Å². The number of ether oxygens (including phenoxy) is 1. The molecule has 1 aliphatic heterocycles. The van der Waals surface area contributed by atoms with Gasteiger partial charge in [0, 0.05) is 53.7 Å². The lowest BCUT2D eigenvalue weighted by atomic mass is 10.0. The van der Waals surface area contributed by atoms with Crippen molar-refractivity contribution >= 4 is 33.4 Å². The summed E-state index contributed by atoms with van der Waals surface area (Å²) in [7, 11) is 2.07. The average molecular weight is 429 g/mol. The average Bonchev–Trinajstić information content (AvgIpc) is 3.52. The lowest BCUT2D eigenvalue weighted by Gasteiger charge is -2.30. The van der Waals surface area contributed by atoms with E-state index in [-0.39, 0.29) is 0 Å². The van der Waals surface area contributed by atoms with Gasteiger partial charge in [0.25, 0.3) is 0 Å². The molecule has 7 rings (SSSR count). The minimum atomic E-state index is 0.827. The molecule has 2 N–H and O–H groups in total. The van der Waals surface area contributed by atoms with Crippen molar-refractivity contribution in [3.63, 3.8) is 0 Å². The molecule has 6 nitrogen and oxygen atoms in total. The summed E-state index contributed by atoms with van der Waals surface area (Å²) >= 11 is 0. The summed E-state index contributed by atoms with van der Waals surface area (Å²) in [5.74, 6) is 1.65. The third-order valence-electron chi connectivity index (χ3n) is 6.33. The highest BCUT2D eigenvalue weighted by molar-refractivity contribution is 5.86. The van der Waals surface area contributed by atoms with Crippen molar-refractivity contribution < 1.29 is 4.74 Å². The minimum Gasteiger partial charge on any atom is -0.453 e. The maximum absolute atomic E-state index is 6.42. The summed E-state index contributed by atoms with van der Waals surface area (Å²) in [5, 5.41) is 2.18. The van der Waals surface area contributed by atoms with E-state index < -0.39 is 0 Å². The van der Waals surface area contributed by atoms with E-state index in [0.717, 1.165) is 67.2 Å². The van der Waals surface area contributed by atoms with E-state index in [1.54, 1.807) is 0 Å². The van der Waals surface area contributed by atoms with Crippen molar-refractivity contribution in [3.8, 4) is 33.8 Å². The first kappa shape index (κ1) is 18.0. The number of benzene rings is 2. The van der Waals surface area contributed by atoms with Crippen LogP contribution in [0, 0.1) is 0 Å². The number of hydrogen-bond donors (Lipinski definition) is 2. The molecule has 4 aromatic heterocycles. The van der Waals surface area contributed by atoms with Gasteiger partial charge in [-0.1, -0.05) is 12.1 Å². The minimum absolute atomic E-state index is 0.827. The lowest BCUT2D eigenvalue weighted by molar-refractivity contribution is 0.476. The number of H-pyrrole nitrogens is 2. The summed E-state index contributed by atoms with van der Waals surface area (Å²) in [6, 6.07) is 21.0. The number of pyridine rings is 2. The van der Waals surface area contributed by atoms with Gasteiger partial charge in [0.15, 0.2) is 11.5 Å². The zero-order valence-electron chi connectivity index (χ0n) is 17.8. The Kier molecular flexibility index (Phi) is 3.67. The Morgan fingerprint density at radius 2 is 1.15 bits per heavy atom. The Hall–Kier alpha value is -4.58. The van der Waals surface area contributed by atoms with Crippen LogP contribution in [0.2, 0.25) is 0 Å². The molecule has 0 bridgehead atoms. The van der Waals surface area contributed by atoms with Crippen molar-refractivity contribution in [3.05, 3.63) is 85.5 Å². The fourth-order valence-electron chi connectivity index (χ4n) is 4.55. The van der Waals surface area contributed by atoms with Crippen LogP contribution < -0.4 is 9.64 Å². The topological polar surface area (TPSA) is 69.8 Å². The van der Waals surface area contributed by atoms with Gasteiger partial charge in [0.1, 0.15) is 11.3 Å². The summed E-state index contributed by atoms with van der Waals surface area (Å²) in [4.78, 5) is 17.5. The van der Waals surface area contributed by atoms with Crippen LogP contribution in [0.3, 0.4) is 0 Å². The van der Waals surface area contributed by atoms with Gasteiger partial charge in [-0.15, -0.1) is 0 Å². The van der Waals surface area contributed by atoms with E-state index in [0.29, 0.717) is 0 Å². The van der Waals surface area contributed by atoms with Gasteiger partial charge in [0.2, 0.25) is 0 Å². The zero-order chi connectivity index (χ0) is 21.9. The first-order valence-corrected chi connectivity index (χ1v) is 10.8.